The number of rotatable bonds is 7. The number of nitrogens with zero attached hydrogens (tertiary/aromatic N) is 2. The predicted octanol–water partition coefficient (Wildman–Crippen LogP) is 3.86. The Kier molecular flexibility index (Phi) is 7.60. The third-order valence-corrected chi connectivity index (χ3v) is 6.06. The molecule has 2 unspecified atom stereocenters. The van der Waals surface area contributed by atoms with Gasteiger partial charge in [-0.2, -0.15) is 0 Å². The van der Waals surface area contributed by atoms with E-state index in [1.54, 1.807) is 17.6 Å². The first-order valence-electron chi connectivity index (χ1n) is 9.63. The summed E-state index contributed by atoms with van der Waals surface area (Å²) in [5, 5.41) is 9.27. The molecular weight excluding hydrogens is 471 g/mol. The SMILES string of the molecule is CC1CC(NC(=NCc2cccs2)NCCc2ccco2)CN1C1CC1.I. The average molecular weight is 500 g/mol. The lowest BCUT2D eigenvalue weighted by atomic mass is 10.2. The Morgan fingerprint density at radius 2 is 2.22 bits per heavy atom. The Bertz CT molecular complexity index is 700. The second-order valence-corrected chi connectivity index (χ2v) is 8.39. The number of aliphatic imine (C=N–C) groups is 1. The first kappa shape index (κ1) is 20.7. The number of halogens is 1. The maximum absolute atomic E-state index is 5.42. The number of nitrogens with one attached hydrogen (secondary N) is 2. The van der Waals surface area contributed by atoms with Gasteiger partial charge in [-0.1, -0.05) is 6.07 Å². The summed E-state index contributed by atoms with van der Waals surface area (Å²) in [7, 11) is 0. The number of hydrogen-bond donors (Lipinski definition) is 2. The minimum atomic E-state index is 0. The van der Waals surface area contributed by atoms with E-state index in [9.17, 15) is 0 Å². The van der Waals surface area contributed by atoms with Crippen LogP contribution in [0.5, 0.6) is 0 Å². The van der Waals surface area contributed by atoms with Gasteiger partial charge in [0.15, 0.2) is 5.96 Å². The van der Waals surface area contributed by atoms with Gasteiger partial charge in [-0.25, -0.2) is 4.99 Å². The Morgan fingerprint density at radius 3 is 2.93 bits per heavy atom. The molecule has 2 N–H and O–H groups in total. The molecule has 2 atom stereocenters. The molecule has 5 nitrogen and oxygen atoms in total. The zero-order valence-electron chi connectivity index (χ0n) is 15.8. The zero-order chi connectivity index (χ0) is 17.8. The standard InChI is InChI=1S/C20H28N4OS.HI/c1-15-12-16(14-24(15)17-6-7-17)23-20(22-13-19-5-3-11-26-19)21-9-8-18-4-2-10-25-18;/h2-5,10-11,15-17H,6-9,12-14H2,1H3,(H2,21,22,23);1H. The van der Waals surface area contributed by atoms with Crippen molar-refractivity contribution >= 4 is 41.3 Å². The van der Waals surface area contributed by atoms with Crippen LogP contribution in [0.2, 0.25) is 0 Å². The largest absolute Gasteiger partial charge is 0.469 e. The minimum absolute atomic E-state index is 0. The van der Waals surface area contributed by atoms with Crippen molar-refractivity contribution in [2.75, 3.05) is 13.1 Å². The number of furan rings is 1. The third-order valence-electron chi connectivity index (χ3n) is 5.20. The van der Waals surface area contributed by atoms with E-state index in [4.69, 9.17) is 9.41 Å². The van der Waals surface area contributed by atoms with Gasteiger partial charge in [-0.3, -0.25) is 4.90 Å². The first-order valence-corrected chi connectivity index (χ1v) is 10.5. The molecule has 0 spiro atoms. The highest BCUT2D eigenvalue weighted by Crippen LogP contribution is 2.33. The van der Waals surface area contributed by atoms with Crippen LogP contribution in [0, 0.1) is 0 Å². The lowest BCUT2D eigenvalue weighted by molar-refractivity contribution is 0.256. The second kappa shape index (κ2) is 9.93. The molecule has 1 saturated carbocycles. The van der Waals surface area contributed by atoms with Crippen LogP contribution in [0.15, 0.2) is 45.3 Å². The van der Waals surface area contributed by atoms with Crippen molar-refractivity contribution < 1.29 is 4.42 Å². The Labute approximate surface area is 182 Å². The van der Waals surface area contributed by atoms with Gasteiger partial charge < -0.3 is 15.1 Å². The number of guanidine groups is 1. The van der Waals surface area contributed by atoms with Gasteiger partial charge in [0.1, 0.15) is 5.76 Å². The highest BCUT2D eigenvalue weighted by molar-refractivity contribution is 14.0. The summed E-state index contributed by atoms with van der Waals surface area (Å²) in [6, 6.07) is 10.1. The molecule has 4 rings (SSSR count). The lowest BCUT2D eigenvalue weighted by Crippen LogP contribution is -2.45. The van der Waals surface area contributed by atoms with Gasteiger partial charge in [0.05, 0.1) is 12.8 Å². The third kappa shape index (κ3) is 5.96. The molecule has 3 heterocycles. The highest BCUT2D eigenvalue weighted by atomic mass is 127. The van der Waals surface area contributed by atoms with Crippen molar-refractivity contribution in [2.45, 2.75) is 57.3 Å². The summed E-state index contributed by atoms with van der Waals surface area (Å²) < 4.78 is 5.42. The van der Waals surface area contributed by atoms with E-state index >= 15 is 0 Å². The molecule has 1 aliphatic heterocycles. The number of likely N-dealkylation sites (tertiary alicyclic amines) is 1. The van der Waals surface area contributed by atoms with E-state index in [2.05, 4.69) is 40.0 Å². The maximum atomic E-state index is 5.42. The number of hydrogen-bond acceptors (Lipinski definition) is 4. The minimum Gasteiger partial charge on any atom is -0.469 e. The summed E-state index contributed by atoms with van der Waals surface area (Å²) >= 11 is 1.76. The number of thiophene rings is 1. The normalized spacial score (nSPS) is 23.2. The zero-order valence-corrected chi connectivity index (χ0v) is 18.9. The molecule has 27 heavy (non-hydrogen) atoms. The summed E-state index contributed by atoms with van der Waals surface area (Å²) in [6.07, 6.45) is 6.53. The molecule has 2 fully saturated rings. The van der Waals surface area contributed by atoms with Gasteiger partial charge in [-0.15, -0.1) is 35.3 Å². The second-order valence-electron chi connectivity index (χ2n) is 7.35. The Morgan fingerprint density at radius 1 is 1.33 bits per heavy atom. The first-order chi connectivity index (χ1) is 12.8. The summed E-state index contributed by atoms with van der Waals surface area (Å²) in [5.41, 5.74) is 0. The molecule has 0 amide bonds. The van der Waals surface area contributed by atoms with Crippen LogP contribution in [-0.4, -0.2) is 42.1 Å². The van der Waals surface area contributed by atoms with Crippen molar-refractivity contribution in [3.05, 3.63) is 46.5 Å². The van der Waals surface area contributed by atoms with E-state index in [0.29, 0.717) is 12.1 Å². The van der Waals surface area contributed by atoms with E-state index < -0.39 is 0 Å². The van der Waals surface area contributed by atoms with E-state index in [1.165, 1.54) is 24.1 Å². The fraction of sp³-hybridized carbons (Fsp3) is 0.550. The molecule has 0 radical (unpaired) electrons. The van der Waals surface area contributed by atoms with E-state index in [0.717, 1.165) is 43.8 Å². The lowest BCUT2D eigenvalue weighted by Gasteiger charge is -2.20. The van der Waals surface area contributed by atoms with Crippen LogP contribution in [0.3, 0.4) is 0 Å². The molecule has 2 aromatic heterocycles. The van der Waals surface area contributed by atoms with Crippen molar-refractivity contribution in [1.29, 1.82) is 0 Å². The summed E-state index contributed by atoms with van der Waals surface area (Å²) in [5.74, 6) is 1.92. The van der Waals surface area contributed by atoms with Crippen molar-refractivity contribution in [2.24, 2.45) is 4.99 Å². The molecule has 0 bridgehead atoms. The quantitative estimate of drug-likeness (QED) is 0.345. The molecule has 2 aromatic rings. The van der Waals surface area contributed by atoms with Crippen LogP contribution in [0.25, 0.3) is 0 Å². The van der Waals surface area contributed by atoms with E-state index in [-0.39, 0.29) is 24.0 Å². The average Bonchev–Trinajstić information content (AvgIpc) is 3.04. The van der Waals surface area contributed by atoms with Crippen LogP contribution in [0.1, 0.15) is 36.8 Å². The fourth-order valence-electron chi connectivity index (χ4n) is 3.74. The predicted molar refractivity (Wildman–Crippen MR) is 122 cm³/mol. The van der Waals surface area contributed by atoms with Gasteiger partial charge in [-0.05, 0) is 49.8 Å². The summed E-state index contributed by atoms with van der Waals surface area (Å²) in [6.45, 7) is 5.03. The van der Waals surface area contributed by atoms with Gasteiger partial charge in [0.25, 0.3) is 0 Å². The molecule has 148 valence electrons. The molecule has 1 aliphatic carbocycles. The van der Waals surface area contributed by atoms with Crippen LogP contribution >= 0.6 is 35.3 Å². The van der Waals surface area contributed by atoms with Crippen LogP contribution in [-0.2, 0) is 13.0 Å². The fourth-order valence-corrected chi connectivity index (χ4v) is 4.37. The van der Waals surface area contributed by atoms with Crippen LogP contribution < -0.4 is 10.6 Å². The summed E-state index contributed by atoms with van der Waals surface area (Å²) in [4.78, 5) is 8.77. The highest BCUT2D eigenvalue weighted by Gasteiger charge is 2.38. The van der Waals surface area contributed by atoms with Crippen molar-refractivity contribution in [1.82, 2.24) is 15.5 Å². The van der Waals surface area contributed by atoms with Gasteiger partial charge in [0, 0.05) is 42.5 Å². The molecule has 0 aromatic carbocycles. The van der Waals surface area contributed by atoms with Gasteiger partial charge in [0.2, 0.25) is 0 Å². The molecular formula is C20H29IN4OS. The van der Waals surface area contributed by atoms with Crippen molar-refractivity contribution in [3.8, 4) is 0 Å². The van der Waals surface area contributed by atoms with E-state index in [1.807, 2.05) is 12.1 Å². The van der Waals surface area contributed by atoms with Crippen molar-refractivity contribution in [3.63, 3.8) is 0 Å². The Balaban J connectivity index is 0.00000210. The molecule has 1 saturated heterocycles. The monoisotopic (exact) mass is 500 g/mol. The molecule has 2 aliphatic rings. The smallest absolute Gasteiger partial charge is 0.191 e. The maximum Gasteiger partial charge on any atom is 0.191 e. The van der Waals surface area contributed by atoms with Gasteiger partial charge >= 0.3 is 0 Å². The van der Waals surface area contributed by atoms with Crippen LogP contribution in [0.4, 0.5) is 0 Å². The molecule has 7 heteroatoms. The Hall–Kier alpha value is -1.06. The topological polar surface area (TPSA) is 52.8 Å².